The van der Waals surface area contributed by atoms with Crippen LogP contribution in [-0.4, -0.2) is 37.7 Å². The SMILES string of the molecule is O=C(OCc1ccccc1)N1C2C=C(c3cnc4cccnn34)CC1CCC2. The minimum Gasteiger partial charge on any atom is -0.445 e. The number of benzene rings is 1. The summed E-state index contributed by atoms with van der Waals surface area (Å²) < 4.78 is 7.51. The number of nitrogens with zero attached hydrogens (tertiary/aromatic N) is 4. The highest BCUT2D eigenvalue weighted by atomic mass is 16.6. The molecule has 1 fully saturated rings. The first kappa shape index (κ1) is 17.0. The normalized spacial score (nSPS) is 21.4. The van der Waals surface area contributed by atoms with Gasteiger partial charge in [-0.3, -0.25) is 4.90 Å². The average molecular weight is 374 g/mol. The quantitative estimate of drug-likeness (QED) is 0.693. The van der Waals surface area contributed by atoms with Crippen LogP contribution in [0.3, 0.4) is 0 Å². The highest BCUT2D eigenvalue weighted by molar-refractivity contribution is 5.74. The Morgan fingerprint density at radius 1 is 1.14 bits per heavy atom. The molecule has 1 saturated heterocycles. The molecule has 0 N–H and O–H groups in total. The van der Waals surface area contributed by atoms with E-state index in [1.807, 2.05) is 58.1 Å². The van der Waals surface area contributed by atoms with Gasteiger partial charge in [0.15, 0.2) is 5.65 Å². The summed E-state index contributed by atoms with van der Waals surface area (Å²) in [6.45, 7) is 0.309. The molecule has 0 aliphatic carbocycles. The standard InChI is InChI=1S/C22H22N4O2/c27-22(28-15-16-6-2-1-3-7-16)25-18-8-4-9-19(25)13-17(12-18)20-14-23-21-10-5-11-24-26(20)21/h1-3,5-7,10-12,14,18-19H,4,8-9,13,15H2. The number of rotatable bonds is 3. The second kappa shape index (κ2) is 7.11. The van der Waals surface area contributed by atoms with Crippen LogP contribution >= 0.6 is 0 Å². The van der Waals surface area contributed by atoms with Gasteiger partial charge in [-0.1, -0.05) is 36.4 Å². The first-order chi connectivity index (χ1) is 13.8. The highest BCUT2D eigenvalue weighted by Crippen LogP contribution is 2.37. The first-order valence-corrected chi connectivity index (χ1v) is 9.78. The van der Waals surface area contributed by atoms with E-state index >= 15 is 0 Å². The number of aromatic nitrogens is 3. The maximum absolute atomic E-state index is 12.8. The summed E-state index contributed by atoms with van der Waals surface area (Å²) in [6.07, 6.45) is 9.54. The second-order valence-corrected chi connectivity index (χ2v) is 7.43. The number of fused-ring (bicyclic) bond motifs is 3. The maximum atomic E-state index is 12.8. The molecule has 2 unspecified atom stereocenters. The number of hydrogen-bond acceptors (Lipinski definition) is 4. The minimum absolute atomic E-state index is 0.0695. The predicted octanol–water partition coefficient (Wildman–Crippen LogP) is 4.08. The molecular weight excluding hydrogens is 352 g/mol. The number of carbonyl (C=O) groups is 1. The van der Waals surface area contributed by atoms with Gasteiger partial charge in [0.25, 0.3) is 0 Å². The van der Waals surface area contributed by atoms with Gasteiger partial charge in [0.05, 0.1) is 17.9 Å². The van der Waals surface area contributed by atoms with Crippen LogP contribution < -0.4 is 0 Å². The van der Waals surface area contributed by atoms with Crippen LogP contribution in [0.5, 0.6) is 0 Å². The van der Waals surface area contributed by atoms with E-state index in [9.17, 15) is 4.79 Å². The molecule has 2 aliphatic rings. The highest BCUT2D eigenvalue weighted by Gasteiger charge is 2.38. The molecule has 28 heavy (non-hydrogen) atoms. The van der Waals surface area contributed by atoms with Gasteiger partial charge in [-0.15, -0.1) is 0 Å². The second-order valence-electron chi connectivity index (χ2n) is 7.43. The molecule has 142 valence electrons. The van der Waals surface area contributed by atoms with E-state index in [0.29, 0.717) is 6.61 Å². The summed E-state index contributed by atoms with van der Waals surface area (Å²) in [5.41, 5.74) is 4.08. The third-order valence-electron chi connectivity index (χ3n) is 5.66. The molecule has 2 aromatic heterocycles. The monoisotopic (exact) mass is 374 g/mol. The van der Waals surface area contributed by atoms with Gasteiger partial charge in [-0.05, 0) is 49.0 Å². The Bertz CT molecular complexity index is 1030. The van der Waals surface area contributed by atoms with Crippen molar-refractivity contribution < 1.29 is 9.53 Å². The molecule has 4 heterocycles. The van der Waals surface area contributed by atoms with Crippen molar-refractivity contribution in [2.75, 3.05) is 0 Å². The van der Waals surface area contributed by atoms with E-state index in [1.54, 1.807) is 6.20 Å². The van der Waals surface area contributed by atoms with Gasteiger partial charge >= 0.3 is 6.09 Å². The van der Waals surface area contributed by atoms with E-state index in [1.165, 1.54) is 5.57 Å². The summed E-state index contributed by atoms with van der Waals surface area (Å²) in [5, 5.41) is 4.44. The van der Waals surface area contributed by atoms with Crippen molar-refractivity contribution in [3.05, 3.63) is 72.2 Å². The largest absolute Gasteiger partial charge is 0.445 e. The summed E-state index contributed by atoms with van der Waals surface area (Å²) in [6, 6.07) is 13.9. The van der Waals surface area contributed by atoms with Crippen molar-refractivity contribution in [1.29, 1.82) is 0 Å². The Morgan fingerprint density at radius 3 is 2.89 bits per heavy atom. The lowest BCUT2D eigenvalue weighted by molar-refractivity contribution is 0.0510. The van der Waals surface area contributed by atoms with Gasteiger partial charge in [-0.2, -0.15) is 5.10 Å². The molecule has 0 radical (unpaired) electrons. The van der Waals surface area contributed by atoms with Crippen molar-refractivity contribution in [3.8, 4) is 0 Å². The van der Waals surface area contributed by atoms with E-state index in [2.05, 4.69) is 16.2 Å². The summed E-state index contributed by atoms with van der Waals surface area (Å²) >= 11 is 0. The van der Waals surface area contributed by atoms with Crippen LogP contribution in [0.4, 0.5) is 4.79 Å². The van der Waals surface area contributed by atoms with E-state index in [-0.39, 0.29) is 18.2 Å². The topological polar surface area (TPSA) is 59.7 Å². The van der Waals surface area contributed by atoms with Crippen molar-refractivity contribution in [1.82, 2.24) is 19.5 Å². The van der Waals surface area contributed by atoms with Crippen LogP contribution in [0.15, 0.2) is 60.9 Å². The molecule has 2 bridgehead atoms. The predicted molar refractivity (Wildman–Crippen MR) is 105 cm³/mol. The molecule has 3 aromatic rings. The van der Waals surface area contributed by atoms with E-state index in [4.69, 9.17) is 4.74 Å². The van der Waals surface area contributed by atoms with Gasteiger partial charge in [0.2, 0.25) is 0 Å². The number of imidazole rings is 1. The fourth-order valence-corrected chi connectivity index (χ4v) is 4.35. The van der Waals surface area contributed by atoms with E-state index < -0.39 is 0 Å². The molecule has 1 aromatic carbocycles. The fraction of sp³-hybridized carbons (Fsp3) is 0.318. The van der Waals surface area contributed by atoms with Crippen LogP contribution in [0, 0.1) is 0 Å². The summed E-state index contributed by atoms with van der Waals surface area (Å²) in [4.78, 5) is 19.2. The Balaban J connectivity index is 1.38. The number of ether oxygens (including phenoxy) is 1. The molecule has 6 nitrogen and oxygen atoms in total. The third-order valence-corrected chi connectivity index (χ3v) is 5.66. The van der Waals surface area contributed by atoms with Crippen molar-refractivity contribution in [2.45, 2.75) is 44.4 Å². The lowest BCUT2D eigenvalue weighted by atomic mass is 9.84. The Morgan fingerprint density at radius 2 is 2.04 bits per heavy atom. The number of hydrogen-bond donors (Lipinski definition) is 0. The van der Waals surface area contributed by atoms with Gasteiger partial charge in [-0.25, -0.2) is 14.3 Å². The zero-order valence-electron chi connectivity index (χ0n) is 15.6. The Hall–Kier alpha value is -3.15. The van der Waals surface area contributed by atoms with Gasteiger partial charge in [0.1, 0.15) is 6.61 Å². The number of piperidine rings is 1. The zero-order valence-corrected chi connectivity index (χ0v) is 15.6. The van der Waals surface area contributed by atoms with E-state index in [0.717, 1.165) is 42.6 Å². The number of carbonyl (C=O) groups excluding carboxylic acids is 1. The molecule has 1 amide bonds. The molecule has 2 atom stereocenters. The first-order valence-electron chi connectivity index (χ1n) is 9.78. The molecule has 6 heteroatoms. The Labute approximate surface area is 163 Å². The van der Waals surface area contributed by atoms with Crippen molar-refractivity contribution in [3.63, 3.8) is 0 Å². The van der Waals surface area contributed by atoms with Crippen LogP contribution in [0.1, 0.15) is 36.9 Å². The van der Waals surface area contributed by atoms with Crippen LogP contribution in [-0.2, 0) is 11.3 Å². The molecule has 0 saturated carbocycles. The minimum atomic E-state index is -0.217. The average Bonchev–Trinajstić information content (AvgIpc) is 3.16. The summed E-state index contributed by atoms with van der Waals surface area (Å²) in [5.74, 6) is 0. The van der Waals surface area contributed by atoms with Crippen molar-refractivity contribution >= 4 is 17.3 Å². The Kier molecular flexibility index (Phi) is 4.31. The molecule has 2 aliphatic heterocycles. The third kappa shape index (κ3) is 3.05. The van der Waals surface area contributed by atoms with Crippen LogP contribution in [0.2, 0.25) is 0 Å². The lowest BCUT2D eigenvalue weighted by Crippen LogP contribution is -2.51. The fourth-order valence-electron chi connectivity index (χ4n) is 4.35. The molecular formula is C22H22N4O2. The lowest BCUT2D eigenvalue weighted by Gasteiger charge is -2.44. The van der Waals surface area contributed by atoms with Crippen molar-refractivity contribution in [2.24, 2.45) is 0 Å². The van der Waals surface area contributed by atoms with Gasteiger partial charge in [0, 0.05) is 12.2 Å². The smallest absolute Gasteiger partial charge is 0.410 e. The summed E-state index contributed by atoms with van der Waals surface area (Å²) in [7, 11) is 0. The number of amides is 1. The van der Waals surface area contributed by atoms with Crippen LogP contribution in [0.25, 0.3) is 11.2 Å². The van der Waals surface area contributed by atoms with Gasteiger partial charge < -0.3 is 4.74 Å². The molecule has 0 spiro atoms. The molecule has 5 rings (SSSR count). The zero-order chi connectivity index (χ0) is 18.9. The maximum Gasteiger partial charge on any atom is 0.410 e.